The van der Waals surface area contributed by atoms with Crippen molar-refractivity contribution in [1.82, 2.24) is 9.55 Å². The first-order chi connectivity index (χ1) is 7.29. The summed E-state index contributed by atoms with van der Waals surface area (Å²) in [5.41, 5.74) is 0. The number of nitrogens with zero attached hydrogens (tertiary/aromatic N) is 2. The second-order valence-electron chi connectivity index (χ2n) is 3.32. The van der Waals surface area contributed by atoms with Gasteiger partial charge < -0.3 is 9.30 Å². The minimum Gasteiger partial charge on any atom is -0.381 e. The van der Waals surface area contributed by atoms with Crippen LogP contribution < -0.4 is 0 Å². The number of ether oxygens (including phenoxy) is 1. The van der Waals surface area contributed by atoms with E-state index in [0.717, 1.165) is 19.6 Å². The Bertz CT molecular complexity index is 307. The summed E-state index contributed by atoms with van der Waals surface area (Å²) in [7, 11) is 0. The Hall–Kier alpha value is -1.16. The van der Waals surface area contributed by atoms with Crippen LogP contribution in [0, 0.1) is 0 Å². The van der Waals surface area contributed by atoms with E-state index in [4.69, 9.17) is 4.74 Å². The van der Waals surface area contributed by atoms with Gasteiger partial charge in [0.1, 0.15) is 0 Å². The van der Waals surface area contributed by atoms with E-state index in [9.17, 15) is 4.79 Å². The van der Waals surface area contributed by atoms with Crippen LogP contribution >= 0.6 is 0 Å². The Morgan fingerprint density at radius 1 is 1.47 bits per heavy atom. The SMILES string of the molecule is CCCOCCC(=O)c1nccn1CC. The summed E-state index contributed by atoms with van der Waals surface area (Å²) < 4.78 is 7.12. The number of aryl methyl sites for hydroxylation is 1. The monoisotopic (exact) mass is 210 g/mol. The molecule has 0 bridgehead atoms. The molecule has 0 aliphatic carbocycles. The van der Waals surface area contributed by atoms with Gasteiger partial charge in [-0.3, -0.25) is 4.79 Å². The normalized spacial score (nSPS) is 10.5. The van der Waals surface area contributed by atoms with Crippen molar-refractivity contribution in [2.75, 3.05) is 13.2 Å². The fraction of sp³-hybridized carbons (Fsp3) is 0.636. The molecule has 0 saturated carbocycles. The molecule has 1 aromatic rings. The number of hydrogen-bond acceptors (Lipinski definition) is 3. The highest BCUT2D eigenvalue weighted by Crippen LogP contribution is 2.02. The van der Waals surface area contributed by atoms with Crippen LogP contribution in [0.5, 0.6) is 0 Å². The maximum absolute atomic E-state index is 11.7. The van der Waals surface area contributed by atoms with Crippen molar-refractivity contribution in [3.8, 4) is 0 Å². The maximum atomic E-state index is 11.7. The molecule has 0 spiro atoms. The van der Waals surface area contributed by atoms with Crippen LogP contribution in [0.15, 0.2) is 12.4 Å². The molecule has 0 amide bonds. The predicted octanol–water partition coefficient (Wildman–Crippen LogP) is 1.90. The van der Waals surface area contributed by atoms with Crippen LogP contribution in [0.2, 0.25) is 0 Å². The van der Waals surface area contributed by atoms with E-state index >= 15 is 0 Å². The first-order valence-electron chi connectivity index (χ1n) is 5.41. The average Bonchev–Trinajstić information content (AvgIpc) is 2.72. The lowest BCUT2D eigenvalue weighted by Gasteiger charge is -2.04. The molecule has 4 heteroatoms. The van der Waals surface area contributed by atoms with Gasteiger partial charge in [0.2, 0.25) is 5.78 Å². The molecule has 84 valence electrons. The summed E-state index contributed by atoms with van der Waals surface area (Å²) in [4.78, 5) is 15.7. The van der Waals surface area contributed by atoms with Gasteiger partial charge in [0.25, 0.3) is 0 Å². The van der Waals surface area contributed by atoms with E-state index in [2.05, 4.69) is 4.98 Å². The molecule has 4 nitrogen and oxygen atoms in total. The third kappa shape index (κ3) is 3.47. The Labute approximate surface area is 90.3 Å². The first kappa shape index (κ1) is 11.9. The lowest BCUT2D eigenvalue weighted by atomic mass is 10.3. The standard InChI is InChI=1S/C11H18N2O2/c1-3-8-15-9-5-10(14)11-12-6-7-13(11)4-2/h6-7H,3-5,8-9H2,1-2H3. The number of rotatable bonds is 7. The van der Waals surface area contributed by atoms with Crippen molar-refractivity contribution >= 4 is 5.78 Å². The second kappa shape index (κ2) is 6.35. The molecule has 0 fully saturated rings. The number of carbonyl (C=O) groups excluding carboxylic acids is 1. The van der Waals surface area contributed by atoms with Crippen LogP contribution in [0.4, 0.5) is 0 Å². The van der Waals surface area contributed by atoms with Gasteiger partial charge >= 0.3 is 0 Å². The summed E-state index contributed by atoms with van der Waals surface area (Å²) in [6.45, 7) is 6.02. The van der Waals surface area contributed by atoms with E-state index in [1.54, 1.807) is 6.20 Å². The van der Waals surface area contributed by atoms with Crippen LogP contribution in [-0.2, 0) is 11.3 Å². The zero-order chi connectivity index (χ0) is 11.1. The van der Waals surface area contributed by atoms with Crippen molar-refractivity contribution in [2.45, 2.75) is 33.2 Å². The highest BCUT2D eigenvalue weighted by Gasteiger charge is 2.11. The van der Waals surface area contributed by atoms with Gasteiger partial charge in [0, 0.05) is 32.0 Å². The largest absolute Gasteiger partial charge is 0.381 e. The predicted molar refractivity (Wildman–Crippen MR) is 58.0 cm³/mol. The Balaban J connectivity index is 2.40. The average molecular weight is 210 g/mol. The van der Waals surface area contributed by atoms with Crippen LogP contribution in [0.1, 0.15) is 37.3 Å². The summed E-state index contributed by atoms with van der Waals surface area (Å²) in [6, 6.07) is 0. The number of imidazole rings is 1. The number of carbonyl (C=O) groups is 1. The molecule has 1 aromatic heterocycles. The summed E-state index contributed by atoms with van der Waals surface area (Å²) in [5, 5.41) is 0. The van der Waals surface area contributed by atoms with E-state index in [0.29, 0.717) is 18.9 Å². The summed E-state index contributed by atoms with van der Waals surface area (Å²) in [5.74, 6) is 0.593. The van der Waals surface area contributed by atoms with Gasteiger partial charge in [0.05, 0.1) is 6.61 Å². The molecule has 0 saturated heterocycles. The molecule has 0 atom stereocenters. The third-order valence-electron chi connectivity index (χ3n) is 2.13. The summed E-state index contributed by atoms with van der Waals surface area (Å²) >= 11 is 0. The topological polar surface area (TPSA) is 44.1 Å². The van der Waals surface area contributed by atoms with Gasteiger partial charge in [-0.25, -0.2) is 4.98 Å². The van der Waals surface area contributed by atoms with Gasteiger partial charge in [-0.15, -0.1) is 0 Å². The van der Waals surface area contributed by atoms with Crippen LogP contribution in [0.3, 0.4) is 0 Å². The second-order valence-corrected chi connectivity index (χ2v) is 3.32. The number of ketones is 1. The lowest BCUT2D eigenvalue weighted by molar-refractivity contribution is 0.0865. The Morgan fingerprint density at radius 3 is 2.93 bits per heavy atom. The smallest absolute Gasteiger partial charge is 0.200 e. The zero-order valence-corrected chi connectivity index (χ0v) is 9.40. The number of hydrogen-bond donors (Lipinski definition) is 0. The molecular formula is C11H18N2O2. The molecule has 1 heterocycles. The minimum absolute atomic E-state index is 0.0537. The number of Topliss-reactive ketones (excluding diaryl/α,β-unsaturated/α-hetero) is 1. The van der Waals surface area contributed by atoms with Gasteiger partial charge in [0.15, 0.2) is 5.82 Å². The highest BCUT2D eigenvalue weighted by atomic mass is 16.5. The Morgan fingerprint density at radius 2 is 2.27 bits per heavy atom. The molecule has 0 aliphatic rings. The van der Waals surface area contributed by atoms with Crippen molar-refractivity contribution in [3.05, 3.63) is 18.2 Å². The van der Waals surface area contributed by atoms with E-state index in [1.165, 1.54) is 0 Å². The molecule has 0 aromatic carbocycles. The fourth-order valence-electron chi connectivity index (χ4n) is 1.34. The molecule has 0 radical (unpaired) electrons. The quantitative estimate of drug-likeness (QED) is 0.510. The molecule has 0 aliphatic heterocycles. The van der Waals surface area contributed by atoms with Gasteiger partial charge in [-0.1, -0.05) is 6.92 Å². The summed E-state index contributed by atoms with van der Waals surface area (Å²) in [6.07, 6.45) is 4.87. The van der Waals surface area contributed by atoms with Crippen molar-refractivity contribution < 1.29 is 9.53 Å². The first-order valence-corrected chi connectivity index (χ1v) is 5.41. The molecular weight excluding hydrogens is 192 g/mol. The molecule has 1 rings (SSSR count). The van der Waals surface area contributed by atoms with Crippen LogP contribution in [0.25, 0.3) is 0 Å². The maximum Gasteiger partial charge on any atom is 0.200 e. The Kier molecular flexibility index (Phi) is 5.04. The molecule has 15 heavy (non-hydrogen) atoms. The van der Waals surface area contributed by atoms with Gasteiger partial charge in [-0.2, -0.15) is 0 Å². The van der Waals surface area contributed by atoms with E-state index in [-0.39, 0.29) is 5.78 Å². The lowest BCUT2D eigenvalue weighted by Crippen LogP contribution is -2.11. The highest BCUT2D eigenvalue weighted by molar-refractivity contribution is 5.92. The van der Waals surface area contributed by atoms with E-state index in [1.807, 2.05) is 24.6 Å². The fourth-order valence-corrected chi connectivity index (χ4v) is 1.34. The third-order valence-corrected chi connectivity index (χ3v) is 2.13. The molecule has 0 unspecified atom stereocenters. The van der Waals surface area contributed by atoms with Crippen molar-refractivity contribution in [1.29, 1.82) is 0 Å². The van der Waals surface area contributed by atoms with Gasteiger partial charge in [-0.05, 0) is 13.3 Å². The number of aromatic nitrogens is 2. The van der Waals surface area contributed by atoms with Crippen molar-refractivity contribution in [2.24, 2.45) is 0 Å². The molecule has 0 N–H and O–H groups in total. The van der Waals surface area contributed by atoms with E-state index < -0.39 is 0 Å². The van der Waals surface area contributed by atoms with Crippen LogP contribution in [-0.4, -0.2) is 28.5 Å². The minimum atomic E-state index is 0.0537. The van der Waals surface area contributed by atoms with Crippen molar-refractivity contribution in [3.63, 3.8) is 0 Å². The zero-order valence-electron chi connectivity index (χ0n) is 9.40.